The Morgan fingerprint density at radius 3 is 2.94 bits per heavy atom. The first-order valence-corrected chi connectivity index (χ1v) is 11.8. The molecule has 1 unspecified atom stereocenters. The number of ether oxygens (including phenoxy) is 1. The van der Waals surface area contributed by atoms with Gasteiger partial charge in [-0.15, -0.1) is 0 Å². The lowest BCUT2D eigenvalue weighted by atomic mass is 9.95. The molecule has 2 aliphatic rings. The van der Waals surface area contributed by atoms with Crippen LogP contribution in [-0.4, -0.2) is 64.5 Å². The molecule has 1 atom stereocenters. The number of benzene rings is 1. The molecule has 2 aromatic rings. The monoisotopic (exact) mass is 422 g/mol. The Hall–Kier alpha value is -2.47. The SMILES string of the molecule is O=C(CCc1cnccn1)N1CCCOc2cccc(c2)CCC2CCCCN2CC1. The van der Waals surface area contributed by atoms with Crippen molar-refractivity contribution in [2.45, 2.75) is 57.4 Å². The van der Waals surface area contributed by atoms with Crippen molar-refractivity contribution in [3.05, 3.63) is 54.1 Å². The summed E-state index contributed by atoms with van der Waals surface area (Å²) in [5.74, 6) is 1.14. The average molecular weight is 423 g/mol. The van der Waals surface area contributed by atoms with Crippen LogP contribution in [0.3, 0.4) is 0 Å². The summed E-state index contributed by atoms with van der Waals surface area (Å²) in [6.07, 6.45) is 13.1. The summed E-state index contributed by atoms with van der Waals surface area (Å²) >= 11 is 0. The third kappa shape index (κ3) is 6.50. The van der Waals surface area contributed by atoms with E-state index in [1.807, 2.05) is 11.0 Å². The second kappa shape index (κ2) is 11.2. The van der Waals surface area contributed by atoms with E-state index in [9.17, 15) is 4.79 Å². The Kier molecular flexibility index (Phi) is 7.88. The standard InChI is InChI=1S/C25H34N4O2/c30-25(11-9-22-20-26-12-13-27-22)29-15-4-18-31-24-7-3-5-21(19-24)8-10-23-6-1-2-14-28(23)16-17-29/h3,5,7,12-13,19-20,23H,1-2,4,6,8-11,14-18H2. The molecule has 1 saturated heterocycles. The summed E-state index contributed by atoms with van der Waals surface area (Å²) in [5, 5.41) is 0. The van der Waals surface area contributed by atoms with Gasteiger partial charge < -0.3 is 9.64 Å². The fourth-order valence-electron chi connectivity index (χ4n) is 4.71. The first-order chi connectivity index (χ1) is 15.3. The van der Waals surface area contributed by atoms with Crippen LogP contribution in [-0.2, 0) is 17.6 Å². The molecule has 4 rings (SSSR count). The van der Waals surface area contributed by atoms with Gasteiger partial charge in [-0.1, -0.05) is 18.6 Å². The van der Waals surface area contributed by atoms with Crippen molar-refractivity contribution in [3.8, 4) is 5.75 Å². The van der Waals surface area contributed by atoms with Gasteiger partial charge in [0.25, 0.3) is 0 Å². The molecule has 6 nitrogen and oxygen atoms in total. The molecule has 6 heteroatoms. The van der Waals surface area contributed by atoms with E-state index in [2.05, 4.69) is 33.1 Å². The van der Waals surface area contributed by atoms with E-state index in [-0.39, 0.29) is 5.91 Å². The van der Waals surface area contributed by atoms with Gasteiger partial charge in [0, 0.05) is 50.7 Å². The normalized spacial score (nSPS) is 20.9. The van der Waals surface area contributed by atoms with Crippen molar-refractivity contribution in [1.82, 2.24) is 19.8 Å². The van der Waals surface area contributed by atoms with Crippen LogP contribution in [0.25, 0.3) is 0 Å². The van der Waals surface area contributed by atoms with Crippen LogP contribution < -0.4 is 4.74 Å². The van der Waals surface area contributed by atoms with E-state index < -0.39 is 0 Å². The molecule has 2 aliphatic heterocycles. The second-order valence-corrected chi connectivity index (χ2v) is 8.65. The molecule has 1 aromatic carbocycles. The second-order valence-electron chi connectivity index (χ2n) is 8.65. The molecule has 0 N–H and O–H groups in total. The lowest BCUT2D eigenvalue weighted by Crippen LogP contribution is -2.45. The van der Waals surface area contributed by atoms with Crippen molar-refractivity contribution < 1.29 is 9.53 Å². The zero-order valence-corrected chi connectivity index (χ0v) is 18.4. The predicted octanol–water partition coefficient (Wildman–Crippen LogP) is 3.51. The van der Waals surface area contributed by atoms with E-state index in [4.69, 9.17) is 4.74 Å². The zero-order chi connectivity index (χ0) is 21.3. The van der Waals surface area contributed by atoms with Gasteiger partial charge in [-0.05, 0) is 62.8 Å². The van der Waals surface area contributed by atoms with Crippen LogP contribution in [0.4, 0.5) is 0 Å². The molecule has 1 fully saturated rings. The van der Waals surface area contributed by atoms with Crippen molar-refractivity contribution in [2.75, 3.05) is 32.8 Å². The molecule has 1 amide bonds. The topological polar surface area (TPSA) is 58.6 Å². The minimum atomic E-state index is 0.202. The first kappa shape index (κ1) is 21.8. The maximum absolute atomic E-state index is 13.0. The highest BCUT2D eigenvalue weighted by molar-refractivity contribution is 5.76. The van der Waals surface area contributed by atoms with Gasteiger partial charge in [0.1, 0.15) is 5.75 Å². The highest BCUT2D eigenvalue weighted by Gasteiger charge is 2.24. The summed E-state index contributed by atoms with van der Waals surface area (Å²) in [7, 11) is 0. The number of carbonyl (C=O) groups excluding carboxylic acids is 1. The molecule has 0 saturated carbocycles. The van der Waals surface area contributed by atoms with E-state index in [1.165, 1.54) is 31.2 Å². The number of hydrogen-bond donors (Lipinski definition) is 0. The van der Waals surface area contributed by atoms with Crippen LogP contribution in [0.5, 0.6) is 5.75 Å². The molecule has 1 aromatic heterocycles. The maximum atomic E-state index is 13.0. The van der Waals surface area contributed by atoms with Gasteiger partial charge in [0.2, 0.25) is 5.91 Å². The van der Waals surface area contributed by atoms with Crippen molar-refractivity contribution in [1.29, 1.82) is 0 Å². The largest absolute Gasteiger partial charge is 0.494 e. The number of piperidine rings is 1. The highest BCUT2D eigenvalue weighted by Crippen LogP contribution is 2.23. The van der Waals surface area contributed by atoms with Crippen LogP contribution in [0.1, 0.15) is 49.8 Å². The minimum Gasteiger partial charge on any atom is -0.494 e. The molecule has 166 valence electrons. The fourth-order valence-corrected chi connectivity index (χ4v) is 4.71. The third-order valence-corrected chi connectivity index (χ3v) is 6.48. The number of aryl methyl sites for hydroxylation is 2. The lowest BCUT2D eigenvalue weighted by molar-refractivity contribution is -0.131. The predicted molar refractivity (Wildman–Crippen MR) is 121 cm³/mol. The number of amides is 1. The lowest BCUT2D eigenvalue weighted by Gasteiger charge is -2.37. The summed E-state index contributed by atoms with van der Waals surface area (Å²) in [5.41, 5.74) is 2.23. The summed E-state index contributed by atoms with van der Waals surface area (Å²) in [4.78, 5) is 26.1. The van der Waals surface area contributed by atoms with E-state index in [1.54, 1.807) is 18.6 Å². The number of rotatable bonds is 3. The molecular formula is C25H34N4O2. The smallest absolute Gasteiger partial charge is 0.223 e. The van der Waals surface area contributed by atoms with Crippen LogP contribution in [0.2, 0.25) is 0 Å². The minimum absolute atomic E-state index is 0.202. The number of hydrogen-bond acceptors (Lipinski definition) is 5. The van der Waals surface area contributed by atoms with Gasteiger partial charge in [-0.3, -0.25) is 19.7 Å². The van der Waals surface area contributed by atoms with E-state index in [0.717, 1.165) is 50.5 Å². The third-order valence-electron chi connectivity index (χ3n) is 6.48. The van der Waals surface area contributed by atoms with E-state index >= 15 is 0 Å². The Labute approximate surface area is 185 Å². The number of nitrogens with zero attached hydrogens (tertiary/aromatic N) is 4. The average Bonchev–Trinajstić information content (AvgIpc) is 2.82. The summed E-state index contributed by atoms with van der Waals surface area (Å²) in [6, 6.07) is 9.13. The molecular weight excluding hydrogens is 388 g/mol. The zero-order valence-electron chi connectivity index (χ0n) is 18.4. The molecule has 0 spiro atoms. The first-order valence-electron chi connectivity index (χ1n) is 11.8. The number of fused-ring (bicyclic) bond motifs is 3. The Balaban J connectivity index is 1.42. The van der Waals surface area contributed by atoms with E-state index in [0.29, 0.717) is 25.5 Å². The quantitative estimate of drug-likeness (QED) is 0.758. The number of carbonyl (C=O) groups is 1. The Morgan fingerprint density at radius 1 is 1.06 bits per heavy atom. The van der Waals surface area contributed by atoms with Gasteiger partial charge in [0.05, 0.1) is 12.3 Å². The van der Waals surface area contributed by atoms with Gasteiger partial charge in [0.15, 0.2) is 0 Å². The molecule has 0 aliphatic carbocycles. The van der Waals surface area contributed by atoms with Gasteiger partial charge in [-0.25, -0.2) is 0 Å². The van der Waals surface area contributed by atoms with Crippen LogP contribution >= 0.6 is 0 Å². The molecule has 0 radical (unpaired) electrons. The van der Waals surface area contributed by atoms with Crippen LogP contribution in [0.15, 0.2) is 42.9 Å². The van der Waals surface area contributed by atoms with Crippen molar-refractivity contribution >= 4 is 5.91 Å². The molecule has 3 heterocycles. The molecule has 31 heavy (non-hydrogen) atoms. The summed E-state index contributed by atoms with van der Waals surface area (Å²) < 4.78 is 5.99. The maximum Gasteiger partial charge on any atom is 0.223 e. The fraction of sp³-hybridized carbons (Fsp3) is 0.560. The van der Waals surface area contributed by atoms with Gasteiger partial charge >= 0.3 is 0 Å². The Bertz CT molecular complexity index is 829. The van der Waals surface area contributed by atoms with Gasteiger partial charge in [-0.2, -0.15) is 0 Å². The van der Waals surface area contributed by atoms with Crippen molar-refractivity contribution in [2.24, 2.45) is 0 Å². The highest BCUT2D eigenvalue weighted by atomic mass is 16.5. The number of aromatic nitrogens is 2. The van der Waals surface area contributed by atoms with Crippen LogP contribution in [0, 0.1) is 0 Å². The summed E-state index contributed by atoms with van der Waals surface area (Å²) in [6.45, 7) is 4.26. The Morgan fingerprint density at radius 2 is 2.03 bits per heavy atom. The van der Waals surface area contributed by atoms with Crippen molar-refractivity contribution in [3.63, 3.8) is 0 Å². The molecule has 2 bridgehead atoms.